The van der Waals surface area contributed by atoms with Crippen LogP contribution in [0.4, 0.5) is 0 Å². The summed E-state index contributed by atoms with van der Waals surface area (Å²) in [6.07, 6.45) is 8.90. The van der Waals surface area contributed by atoms with Crippen LogP contribution in [0, 0.1) is 17.8 Å². The predicted molar refractivity (Wildman–Crippen MR) is 56.7 cm³/mol. The first kappa shape index (κ1) is 9.51. The van der Waals surface area contributed by atoms with Gasteiger partial charge in [0.2, 0.25) is 0 Å². The summed E-state index contributed by atoms with van der Waals surface area (Å²) in [6, 6.07) is 0. The van der Waals surface area contributed by atoms with E-state index < -0.39 is 0 Å². The van der Waals surface area contributed by atoms with Crippen molar-refractivity contribution >= 4 is 0 Å². The van der Waals surface area contributed by atoms with Gasteiger partial charge in [-0.3, -0.25) is 0 Å². The van der Waals surface area contributed by atoms with Gasteiger partial charge in [0.15, 0.2) is 0 Å². The third-order valence-corrected chi connectivity index (χ3v) is 4.12. The van der Waals surface area contributed by atoms with Gasteiger partial charge in [-0.1, -0.05) is 26.2 Å². The summed E-state index contributed by atoms with van der Waals surface area (Å²) in [5, 5.41) is 3.45. The van der Waals surface area contributed by atoms with Gasteiger partial charge in [0.25, 0.3) is 0 Å². The molecule has 76 valence electrons. The zero-order valence-electron chi connectivity index (χ0n) is 8.89. The number of rotatable bonds is 3. The first-order valence-electron chi connectivity index (χ1n) is 6.07. The Bertz CT molecular complexity index is 145. The second-order valence-corrected chi connectivity index (χ2v) is 5.10. The molecule has 1 atom stereocenters. The van der Waals surface area contributed by atoms with Gasteiger partial charge in [-0.25, -0.2) is 0 Å². The van der Waals surface area contributed by atoms with Crippen molar-refractivity contribution in [3.05, 3.63) is 0 Å². The minimum atomic E-state index is 1.01. The van der Waals surface area contributed by atoms with Gasteiger partial charge >= 0.3 is 0 Å². The molecule has 2 aliphatic rings. The van der Waals surface area contributed by atoms with Gasteiger partial charge in [0.1, 0.15) is 0 Å². The SMILES string of the molecule is CC(CC1CCNCC1)C1CCC1. The summed E-state index contributed by atoms with van der Waals surface area (Å²) >= 11 is 0. The van der Waals surface area contributed by atoms with Crippen molar-refractivity contribution in [3.8, 4) is 0 Å². The van der Waals surface area contributed by atoms with Crippen LogP contribution in [-0.4, -0.2) is 13.1 Å². The van der Waals surface area contributed by atoms with Crippen molar-refractivity contribution in [2.45, 2.75) is 45.4 Å². The molecular weight excluding hydrogens is 158 g/mol. The van der Waals surface area contributed by atoms with Gasteiger partial charge in [-0.05, 0) is 50.1 Å². The summed E-state index contributed by atoms with van der Waals surface area (Å²) in [5.41, 5.74) is 0. The fraction of sp³-hybridized carbons (Fsp3) is 1.00. The highest BCUT2D eigenvalue weighted by molar-refractivity contribution is 4.78. The van der Waals surface area contributed by atoms with E-state index in [1.165, 1.54) is 51.6 Å². The maximum absolute atomic E-state index is 3.45. The molecule has 1 saturated heterocycles. The van der Waals surface area contributed by atoms with Crippen molar-refractivity contribution in [1.82, 2.24) is 5.32 Å². The topological polar surface area (TPSA) is 12.0 Å². The van der Waals surface area contributed by atoms with E-state index >= 15 is 0 Å². The largest absolute Gasteiger partial charge is 0.317 e. The molecule has 0 aromatic rings. The summed E-state index contributed by atoms with van der Waals surface area (Å²) < 4.78 is 0. The van der Waals surface area contributed by atoms with Crippen LogP contribution in [0.25, 0.3) is 0 Å². The van der Waals surface area contributed by atoms with Gasteiger partial charge in [-0.15, -0.1) is 0 Å². The van der Waals surface area contributed by atoms with Crippen molar-refractivity contribution in [1.29, 1.82) is 0 Å². The van der Waals surface area contributed by atoms with Crippen LogP contribution >= 0.6 is 0 Å². The molecule has 0 bridgehead atoms. The Morgan fingerprint density at radius 1 is 1.15 bits per heavy atom. The van der Waals surface area contributed by atoms with Crippen LogP contribution in [0.1, 0.15) is 45.4 Å². The van der Waals surface area contributed by atoms with Crippen LogP contribution in [-0.2, 0) is 0 Å². The minimum absolute atomic E-state index is 1.01. The Labute approximate surface area is 82.3 Å². The maximum atomic E-state index is 3.45. The average molecular weight is 181 g/mol. The molecule has 0 aromatic heterocycles. The smallest absolute Gasteiger partial charge is 0.00463 e. The van der Waals surface area contributed by atoms with Crippen molar-refractivity contribution in [2.75, 3.05) is 13.1 Å². The molecule has 1 unspecified atom stereocenters. The molecule has 13 heavy (non-hydrogen) atoms. The molecule has 2 rings (SSSR count). The lowest BCUT2D eigenvalue weighted by molar-refractivity contribution is 0.176. The fourth-order valence-electron chi connectivity index (χ4n) is 2.84. The van der Waals surface area contributed by atoms with E-state index in [0.717, 1.165) is 17.8 Å². The second-order valence-electron chi connectivity index (χ2n) is 5.10. The molecule has 0 aromatic carbocycles. The Morgan fingerprint density at radius 2 is 1.85 bits per heavy atom. The van der Waals surface area contributed by atoms with Gasteiger partial charge < -0.3 is 5.32 Å². The molecule has 2 fully saturated rings. The molecule has 0 radical (unpaired) electrons. The molecule has 1 saturated carbocycles. The normalized spacial score (nSPS) is 28.4. The Balaban J connectivity index is 1.69. The average Bonchev–Trinajstić information content (AvgIpc) is 2.02. The van der Waals surface area contributed by atoms with Crippen LogP contribution in [0.15, 0.2) is 0 Å². The van der Waals surface area contributed by atoms with Gasteiger partial charge in [0, 0.05) is 0 Å². The van der Waals surface area contributed by atoms with Gasteiger partial charge in [0.05, 0.1) is 0 Å². The molecule has 1 heteroatoms. The summed E-state index contributed by atoms with van der Waals surface area (Å²) in [7, 11) is 0. The third-order valence-electron chi connectivity index (χ3n) is 4.12. The minimum Gasteiger partial charge on any atom is -0.317 e. The molecule has 1 heterocycles. The van der Waals surface area contributed by atoms with Crippen molar-refractivity contribution < 1.29 is 0 Å². The molecule has 1 nitrogen and oxygen atoms in total. The second kappa shape index (κ2) is 4.45. The van der Waals surface area contributed by atoms with Crippen LogP contribution in [0.5, 0.6) is 0 Å². The summed E-state index contributed by atoms with van der Waals surface area (Å²) in [5.74, 6) is 3.14. The Hall–Kier alpha value is -0.0400. The highest BCUT2D eigenvalue weighted by Gasteiger charge is 2.26. The quantitative estimate of drug-likeness (QED) is 0.706. The predicted octanol–water partition coefficient (Wildman–Crippen LogP) is 2.81. The number of hydrogen-bond acceptors (Lipinski definition) is 1. The fourth-order valence-corrected chi connectivity index (χ4v) is 2.84. The lowest BCUT2D eigenvalue weighted by atomic mass is 9.72. The maximum Gasteiger partial charge on any atom is -0.00463 e. The van der Waals surface area contributed by atoms with E-state index in [2.05, 4.69) is 12.2 Å². The van der Waals surface area contributed by atoms with E-state index in [1.54, 1.807) is 0 Å². The number of hydrogen-bond donors (Lipinski definition) is 1. The lowest BCUT2D eigenvalue weighted by Crippen LogP contribution is -2.30. The zero-order chi connectivity index (χ0) is 9.10. The zero-order valence-corrected chi connectivity index (χ0v) is 8.89. The highest BCUT2D eigenvalue weighted by atomic mass is 14.9. The summed E-state index contributed by atoms with van der Waals surface area (Å²) in [6.45, 7) is 5.01. The van der Waals surface area contributed by atoms with Crippen molar-refractivity contribution in [3.63, 3.8) is 0 Å². The molecular formula is C12H23N. The highest BCUT2D eigenvalue weighted by Crippen LogP contribution is 2.37. The van der Waals surface area contributed by atoms with Crippen LogP contribution < -0.4 is 5.32 Å². The van der Waals surface area contributed by atoms with E-state index in [1.807, 2.05) is 0 Å². The number of piperidine rings is 1. The van der Waals surface area contributed by atoms with E-state index in [-0.39, 0.29) is 0 Å². The molecule has 1 aliphatic carbocycles. The third kappa shape index (κ3) is 2.46. The number of nitrogens with one attached hydrogen (secondary N) is 1. The van der Waals surface area contributed by atoms with Crippen molar-refractivity contribution in [2.24, 2.45) is 17.8 Å². The van der Waals surface area contributed by atoms with E-state index in [9.17, 15) is 0 Å². The molecule has 1 N–H and O–H groups in total. The Kier molecular flexibility index (Phi) is 3.26. The molecule has 0 amide bonds. The van der Waals surface area contributed by atoms with Crippen LogP contribution in [0.2, 0.25) is 0 Å². The summed E-state index contributed by atoms with van der Waals surface area (Å²) in [4.78, 5) is 0. The first-order valence-corrected chi connectivity index (χ1v) is 6.07. The standard InChI is InChI=1S/C12H23N/c1-10(12-3-2-4-12)9-11-5-7-13-8-6-11/h10-13H,2-9H2,1H3. The lowest BCUT2D eigenvalue weighted by Gasteiger charge is -2.34. The molecule has 0 spiro atoms. The molecule has 1 aliphatic heterocycles. The van der Waals surface area contributed by atoms with Crippen LogP contribution in [0.3, 0.4) is 0 Å². The monoisotopic (exact) mass is 181 g/mol. The Morgan fingerprint density at radius 3 is 2.38 bits per heavy atom. The van der Waals surface area contributed by atoms with Gasteiger partial charge in [-0.2, -0.15) is 0 Å². The van der Waals surface area contributed by atoms with E-state index in [0.29, 0.717) is 0 Å². The first-order chi connectivity index (χ1) is 6.36. The van der Waals surface area contributed by atoms with E-state index in [4.69, 9.17) is 0 Å².